The number of nitrogens with zero attached hydrogens (tertiary/aromatic N) is 3. The Kier molecular flexibility index (Phi) is 2.67. The van der Waals surface area contributed by atoms with E-state index >= 15 is 0 Å². The zero-order chi connectivity index (χ0) is 20.1. The minimum Gasteiger partial charge on any atom is -0.496 e. The van der Waals surface area contributed by atoms with Crippen LogP contribution in [0.15, 0.2) is 36.5 Å². The third-order valence-electron chi connectivity index (χ3n) is 4.37. The molecule has 4 aromatic rings. The molecule has 0 aliphatic rings. The molecular weight excluding hydrogens is 316 g/mol. The Bertz CT molecular complexity index is 1250. The smallest absolute Gasteiger partial charge is 0.217 e. The first-order valence-electron chi connectivity index (χ1n) is 9.15. The molecule has 0 saturated heterocycles. The molecule has 0 radical (unpaired) electrons. The lowest BCUT2D eigenvalue weighted by Crippen LogP contribution is -2.04. The number of hydrogen-bond donors (Lipinski definition) is 2. The van der Waals surface area contributed by atoms with Crippen LogP contribution in [0.25, 0.3) is 21.8 Å². The second-order valence-electron chi connectivity index (χ2n) is 5.86. The molecular formula is C19H16N4O2. The van der Waals surface area contributed by atoms with E-state index in [9.17, 15) is 5.11 Å². The highest BCUT2D eigenvalue weighted by Crippen LogP contribution is 2.33. The van der Waals surface area contributed by atoms with Gasteiger partial charge in [0.05, 0.1) is 40.2 Å². The van der Waals surface area contributed by atoms with E-state index in [-0.39, 0.29) is 18.2 Å². The molecule has 0 saturated carbocycles. The molecule has 2 aromatic carbocycles. The third kappa shape index (κ3) is 2.29. The van der Waals surface area contributed by atoms with Crippen LogP contribution in [-0.4, -0.2) is 26.9 Å². The highest BCUT2D eigenvalue weighted by atomic mass is 16.5. The predicted molar refractivity (Wildman–Crippen MR) is 94.8 cm³/mol. The summed E-state index contributed by atoms with van der Waals surface area (Å²) in [7, 11) is -2.61. The molecule has 0 atom stereocenters. The van der Waals surface area contributed by atoms with Gasteiger partial charge < -0.3 is 14.8 Å². The van der Waals surface area contributed by atoms with Crippen LogP contribution in [0.4, 0.5) is 0 Å². The van der Waals surface area contributed by atoms with Crippen LogP contribution in [-0.2, 0) is 6.54 Å². The molecule has 0 aliphatic heterocycles. The number of benzene rings is 2. The van der Waals surface area contributed by atoms with Gasteiger partial charge in [0.2, 0.25) is 5.88 Å². The second-order valence-corrected chi connectivity index (χ2v) is 5.86. The Morgan fingerprint density at radius 1 is 1.36 bits per heavy atom. The topological polar surface area (TPSA) is 86.9 Å². The van der Waals surface area contributed by atoms with Crippen molar-refractivity contribution in [1.82, 2.24) is 14.8 Å². The third-order valence-corrected chi connectivity index (χ3v) is 4.37. The second kappa shape index (κ2) is 5.56. The summed E-state index contributed by atoms with van der Waals surface area (Å²) in [4.78, 5) is 3.14. The molecule has 4 rings (SSSR count). The van der Waals surface area contributed by atoms with Crippen molar-refractivity contribution in [2.45, 2.75) is 13.5 Å². The number of nitrogens with one attached hydrogen (secondary N) is 1. The zero-order valence-corrected chi connectivity index (χ0v) is 13.4. The van der Waals surface area contributed by atoms with E-state index in [0.29, 0.717) is 22.0 Å². The Morgan fingerprint density at radius 2 is 2.24 bits per heavy atom. The van der Waals surface area contributed by atoms with Crippen LogP contribution in [0.1, 0.15) is 20.8 Å². The largest absolute Gasteiger partial charge is 0.496 e. The first-order chi connectivity index (χ1) is 13.3. The zero-order valence-electron chi connectivity index (χ0n) is 16.4. The van der Waals surface area contributed by atoms with Crippen molar-refractivity contribution < 1.29 is 14.0 Å². The minimum atomic E-state index is -2.61. The predicted octanol–water partition coefficient (Wildman–Crippen LogP) is 3.46. The van der Waals surface area contributed by atoms with Crippen molar-refractivity contribution in [1.29, 1.82) is 5.26 Å². The molecule has 0 fully saturated rings. The summed E-state index contributed by atoms with van der Waals surface area (Å²) < 4.78 is 29.0. The Balaban J connectivity index is 1.88. The Labute approximate surface area is 148 Å². The van der Waals surface area contributed by atoms with E-state index in [4.69, 9.17) is 14.1 Å². The number of hydrogen-bond acceptors (Lipinski definition) is 4. The first kappa shape index (κ1) is 12.0. The van der Waals surface area contributed by atoms with Gasteiger partial charge in [0.25, 0.3) is 0 Å². The fraction of sp³-hybridized carbons (Fsp3) is 0.158. The number of methoxy groups -OCH3 is 1. The fourth-order valence-corrected chi connectivity index (χ4v) is 3.14. The SMILES string of the molecule is [2H]C([2H])([2H])Oc1cc(C)c2[nH]ccc2c1Cn1nc2ccc(C#N)cc2c1O. The highest BCUT2D eigenvalue weighted by Gasteiger charge is 2.16. The maximum absolute atomic E-state index is 10.6. The number of rotatable bonds is 3. The molecule has 0 bridgehead atoms. The van der Waals surface area contributed by atoms with Crippen molar-refractivity contribution in [2.75, 3.05) is 7.04 Å². The standard InChI is InChI=1S/C19H16N4O2/c1-11-7-17(25-2)15(13-5-6-21-18(11)13)10-23-19(24)14-8-12(9-20)3-4-16(14)22-23/h3-8,21,24H,10H2,1-2H3/i2D3. The molecule has 0 spiro atoms. The van der Waals surface area contributed by atoms with Crippen LogP contribution >= 0.6 is 0 Å². The molecule has 6 nitrogen and oxygen atoms in total. The number of ether oxygens (including phenoxy) is 1. The van der Waals surface area contributed by atoms with Gasteiger partial charge in [0.15, 0.2) is 0 Å². The Hall–Kier alpha value is -3.46. The van der Waals surface area contributed by atoms with Crippen LogP contribution in [0.2, 0.25) is 0 Å². The van der Waals surface area contributed by atoms with Crippen molar-refractivity contribution in [3.05, 3.63) is 53.2 Å². The number of nitriles is 1. The molecule has 25 heavy (non-hydrogen) atoms. The lowest BCUT2D eigenvalue weighted by molar-refractivity contribution is 0.396. The molecule has 0 aliphatic carbocycles. The van der Waals surface area contributed by atoms with E-state index < -0.39 is 7.04 Å². The molecule has 0 unspecified atom stereocenters. The Morgan fingerprint density at radius 3 is 3.04 bits per heavy atom. The van der Waals surface area contributed by atoms with Gasteiger partial charge in [-0.1, -0.05) is 0 Å². The molecule has 2 N–H and O–H groups in total. The molecule has 0 amide bonds. The molecule has 6 heteroatoms. The number of aryl methyl sites for hydroxylation is 1. The van der Waals surface area contributed by atoms with Crippen LogP contribution < -0.4 is 4.74 Å². The van der Waals surface area contributed by atoms with Crippen LogP contribution in [0.5, 0.6) is 11.6 Å². The van der Waals surface area contributed by atoms with Gasteiger partial charge >= 0.3 is 0 Å². The van der Waals surface area contributed by atoms with Crippen molar-refractivity contribution in [2.24, 2.45) is 0 Å². The van der Waals surface area contributed by atoms with E-state index in [1.165, 1.54) is 4.68 Å². The minimum absolute atomic E-state index is 0.0996. The summed E-state index contributed by atoms with van der Waals surface area (Å²) in [6.07, 6.45) is 1.76. The summed E-state index contributed by atoms with van der Waals surface area (Å²) in [6.45, 7) is 1.96. The summed E-state index contributed by atoms with van der Waals surface area (Å²) in [5.41, 5.74) is 3.23. The van der Waals surface area contributed by atoms with Gasteiger partial charge in [0.1, 0.15) is 5.75 Å². The summed E-state index contributed by atoms with van der Waals surface area (Å²) in [5, 5.41) is 25.3. The number of aromatic nitrogens is 3. The monoisotopic (exact) mass is 335 g/mol. The quantitative estimate of drug-likeness (QED) is 0.600. The fourth-order valence-electron chi connectivity index (χ4n) is 3.14. The summed E-state index contributed by atoms with van der Waals surface area (Å²) in [6, 6.07) is 10.4. The summed E-state index contributed by atoms with van der Waals surface area (Å²) >= 11 is 0. The molecule has 2 heterocycles. The lowest BCUT2D eigenvalue weighted by Gasteiger charge is -2.12. The van der Waals surface area contributed by atoms with Gasteiger partial charge in [-0.15, -0.1) is 0 Å². The maximum Gasteiger partial charge on any atom is 0.217 e. The molecule has 2 aromatic heterocycles. The first-order valence-corrected chi connectivity index (χ1v) is 7.65. The van der Waals surface area contributed by atoms with Crippen molar-refractivity contribution >= 4 is 21.8 Å². The van der Waals surface area contributed by atoms with E-state index in [1.807, 2.05) is 19.1 Å². The highest BCUT2D eigenvalue weighted by molar-refractivity contribution is 5.89. The number of aromatic amines is 1. The van der Waals surface area contributed by atoms with Gasteiger partial charge in [-0.2, -0.15) is 10.4 Å². The van der Waals surface area contributed by atoms with Crippen molar-refractivity contribution in [3.63, 3.8) is 0 Å². The van der Waals surface area contributed by atoms with Gasteiger partial charge in [0, 0.05) is 22.7 Å². The van der Waals surface area contributed by atoms with Crippen LogP contribution in [0, 0.1) is 18.3 Å². The average molecular weight is 335 g/mol. The maximum atomic E-state index is 10.6. The number of fused-ring (bicyclic) bond motifs is 2. The lowest BCUT2D eigenvalue weighted by atomic mass is 10.0. The number of H-pyrrole nitrogens is 1. The number of aromatic hydroxyl groups is 1. The van der Waals surface area contributed by atoms with E-state index in [1.54, 1.807) is 30.5 Å². The average Bonchev–Trinajstić information content (AvgIpc) is 3.23. The molecule has 124 valence electrons. The van der Waals surface area contributed by atoms with E-state index in [0.717, 1.165) is 16.5 Å². The van der Waals surface area contributed by atoms with Gasteiger partial charge in [-0.05, 0) is 42.8 Å². The van der Waals surface area contributed by atoms with Gasteiger partial charge in [-0.25, -0.2) is 4.68 Å². The normalized spacial score (nSPS) is 13.4. The van der Waals surface area contributed by atoms with E-state index in [2.05, 4.69) is 10.1 Å². The van der Waals surface area contributed by atoms with Gasteiger partial charge in [-0.3, -0.25) is 0 Å². The summed E-state index contributed by atoms with van der Waals surface area (Å²) in [5.74, 6) is 0.109. The van der Waals surface area contributed by atoms with Crippen molar-refractivity contribution in [3.8, 4) is 17.7 Å². The van der Waals surface area contributed by atoms with Crippen LogP contribution in [0.3, 0.4) is 0 Å².